The zero-order valence-electron chi connectivity index (χ0n) is 14.7. The largest absolute Gasteiger partial charge is 1.00 e. The van der Waals surface area contributed by atoms with E-state index >= 15 is 0 Å². The average molecular weight is 413 g/mol. The molecule has 6 nitrogen and oxygen atoms in total. The number of fused-ring (bicyclic) bond motifs is 1. The summed E-state index contributed by atoms with van der Waals surface area (Å²) < 4.78 is 32.7. The number of aryl methyl sites for hydroxylation is 1. The minimum atomic E-state index is -4.55. The number of halogens is 1. The van der Waals surface area contributed by atoms with Crippen molar-refractivity contribution >= 4 is 43.9 Å². The van der Waals surface area contributed by atoms with E-state index in [4.69, 9.17) is 11.6 Å². The van der Waals surface area contributed by atoms with Gasteiger partial charge >= 0.3 is 29.6 Å². The second-order valence-electron chi connectivity index (χ2n) is 5.57. The summed E-state index contributed by atoms with van der Waals surface area (Å²) in [7, 11) is -4.55. The summed E-state index contributed by atoms with van der Waals surface area (Å²) in [5.74, 6) is -0.342. The van der Waals surface area contributed by atoms with Gasteiger partial charge in [0.2, 0.25) is 0 Å². The van der Waals surface area contributed by atoms with Gasteiger partial charge in [-0.25, -0.2) is 0 Å². The molecule has 9 heteroatoms. The Hall–Kier alpha value is -1.48. The molecule has 0 fully saturated rings. The molecule has 0 unspecified atom stereocenters. The van der Waals surface area contributed by atoms with Crippen LogP contribution in [0.15, 0.2) is 63.7 Å². The first kappa shape index (κ1) is 21.8. The molecule has 0 saturated carbocycles. The van der Waals surface area contributed by atoms with Gasteiger partial charge in [0.15, 0.2) is 0 Å². The van der Waals surface area contributed by atoms with Crippen molar-refractivity contribution in [1.82, 2.24) is 0 Å². The van der Waals surface area contributed by atoms with Gasteiger partial charge in [-0.3, -0.25) is 4.55 Å². The molecule has 1 N–H and O–H groups in total. The maximum absolute atomic E-state index is 12.2. The van der Waals surface area contributed by atoms with E-state index in [1.54, 1.807) is 18.2 Å². The first-order valence-electron chi connectivity index (χ1n) is 7.71. The Morgan fingerprint density at radius 1 is 1.11 bits per heavy atom. The molecule has 0 spiro atoms. The van der Waals surface area contributed by atoms with Gasteiger partial charge in [-0.1, -0.05) is 60.7 Å². The van der Waals surface area contributed by atoms with Crippen LogP contribution in [0, 0.1) is 0 Å². The Morgan fingerprint density at radius 2 is 1.81 bits per heavy atom. The molecule has 3 aromatic carbocycles. The number of hydrogen-bond acceptors (Lipinski definition) is 5. The molecule has 0 aliphatic heterocycles. The van der Waals surface area contributed by atoms with Gasteiger partial charge in [-0.15, -0.1) is 5.11 Å². The Balaban J connectivity index is 0.00000261. The van der Waals surface area contributed by atoms with E-state index in [1.807, 2.05) is 19.1 Å². The molecule has 0 saturated heterocycles. The summed E-state index contributed by atoms with van der Waals surface area (Å²) in [5, 5.41) is 21.7. The molecule has 0 radical (unpaired) electrons. The number of hydrogen-bond donors (Lipinski definition) is 1. The molecule has 0 atom stereocenters. The zero-order valence-corrected chi connectivity index (χ0v) is 18.3. The molecule has 134 valence electrons. The molecule has 0 bridgehead atoms. The number of benzene rings is 3. The van der Waals surface area contributed by atoms with Crippen LogP contribution in [0.5, 0.6) is 5.75 Å². The summed E-state index contributed by atoms with van der Waals surface area (Å²) in [6, 6.07) is 12.8. The van der Waals surface area contributed by atoms with Gasteiger partial charge in [0.05, 0.1) is 5.69 Å². The summed E-state index contributed by atoms with van der Waals surface area (Å²) in [5.41, 5.74) is 0.659. The monoisotopic (exact) mass is 412 g/mol. The van der Waals surface area contributed by atoms with Crippen LogP contribution in [0.1, 0.15) is 12.5 Å². The van der Waals surface area contributed by atoms with Gasteiger partial charge in [0, 0.05) is 10.4 Å². The third-order valence-electron chi connectivity index (χ3n) is 3.91. The molecule has 0 heterocycles. The minimum Gasteiger partial charge on any atom is -0.871 e. The van der Waals surface area contributed by atoms with Crippen molar-refractivity contribution in [3.63, 3.8) is 0 Å². The molecule has 3 aromatic rings. The Bertz CT molecular complexity index is 1130. The third-order valence-corrected chi connectivity index (χ3v) is 5.14. The predicted molar refractivity (Wildman–Crippen MR) is 98.2 cm³/mol. The van der Waals surface area contributed by atoms with Crippen LogP contribution in [0.2, 0.25) is 5.02 Å². The van der Waals surface area contributed by atoms with Crippen molar-refractivity contribution in [2.24, 2.45) is 10.2 Å². The van der Waals surface area contributed by atoms with E-state index in [0.29, 0.717) is 17.4 Å². The van der Waals surface area contributed by atoms with Crippen molar-refractivity contribution in [2.45, 2.75) is 18.2 Å². The van der Waals surface area contributed by atoms with Crippen LogP contribution in [0.25, 0.3) is 10.8 Å². The van der Waals surface area contributed by atoms with E-state index in [9.17, 15) is 18.1 Å². The van der Waals surface area contributed by atoms with E-state index in [0.717, 1.165) is 11.5 Å². The van der Waals surface area contributed by atoms with Gasteiger partial charge in [0.25, 0.3) is 10.1 Å². The van der Waals surface area contributed by atoms with E-state index in [1.165, 1.54) is 12.1 Å². The average Bonchev–Trinajstić information content (AvgIpc) is 2.60. The summed E-state index contributed by atoms with van der Waals surface area (Å²) in [6.07, 6.45) is 0.536. The van der Waals surface area contributed by atoms with Crippen LogP contribution in [0.3, 0.4) is 0 Å². The first-order chi connectivity index (χ1) is 12.3. The summed E-state index contributed by atoms with van der Waals surface area (Å²) in [4.78, 5) is -0.462. The minimum absolute atomic E-state index is 0. The quantitative estimate of drug-likeness (QED) is 0.401. The zero-order chi connectivity index (χ0) is 18.9. The second-order valence-corrected chi connectivity index (χ2v) is 7.37. The SMILES string of the molecule is CCc1cc(N=Nc2c([O-])ccc3ccccc23)c(S(=O)(=O)O)cc1Cl.[Na+]. The first-order valence-corrected chi connectivity index (χ1v) is 9.53. The van der Waals surface area contributed by atoms with Crippen molar-refractivity contribution < 1.29 is 47.6 Å². The van der Waals surface area contributed by atoms with Gasteiger partial charge < -0.3 is 5.11 Å². The van der Waals surface area contributed by atoms with E-state index < -0.39 is 15.0 Å². The number of nitrogens with zero attached hydrogens (tertiary/aromatic N) is 2. The maximum Gasteiger partial charge on any atom is 1.00 e. The van der Waals surface area contributed by atoms with Crippen LogP contribution in [0.4, 0.5) is 11.4 Å². The van der Waals surface area contributed by atoms with Crippen molar-refractivity contribution in [2.75, 3.05) is 0 Å². The van der Waals surface area contributed by atoms with Crippen molar-refractivity contribution in [1.29, 1.82) is 0 Å². The Kier molecular flexibility index (Phi) is 7.02. The fourth-order valence-corrected chi connectivity index (χ4v) is 3.58. The van der Waals surface area contributed by atoms with Crippen LogP contribution in [-0.4, -0.2) is 13.0 Å². The topological polar surface area (TPSA) is 102 Å². The molecular formula is C18H14ClN2NaO4S. The van der Waals surface area contributed by atoms with Crippen LogP contribution in [-0.2, 0) is 16.5 Å². The summed E-state index contributed by atoms with van der Waals surface area (Å²) >= 11 is 6.03. The predicted octanol–water partition coefficient (Wildman–Crippen LogP) is 1.80. The standard InChI is InChI=1S/C18H15ClN2O4S.Na/c1-2-11-9-15(17(10-14(11)19)26(23,24)25)20-21-18-13-6-4-3-5-12(13)7-8-16(18)22;/h3-10,22H,2H2,1H3,(H,23,24,25);/q;+1/p-1. The fourth-order valence-electron chi connectivity index (χ4n) is 2.58. The fraction of sp³-hybridized carbons (Fsp3) is 0.111. The molecule has 0 amide bonds. The third kappa shape index (κ3) is 4.68. The smallest absolute Gasteiger partial charge is 0.871 e. The van der Waals surface area contributed by atoms with Crippen LogP contribution >= 0.6 is 11.6 Å². The Labute approximate surface area is 183 Å². The number of rotatable bonds is 4. The van der Waals surface area contributed by atoms with E-state index in [-0.39, 0.29) is 51.7 Å². The van der Waals surface area contributed by atoms with Crippen LogP contribution < -0.4 is 34.7 Å². The second kappa shape index (κ2) is 8.68. The number of azo groups is 1. The van der Waals surface area contributed by atoms with E-state index in [2.05, 4.69) is 10.2 Å². The van der Waals surface area contributed by atoms with Gasteiger partial charge in [-0.2, -0.15) is 13.5 Å². The summed E-state index contributed by atoms with van der Waals surface area (Å²) in [6.45, 7) is 1.84. The molecule has 0 aliphatic rings. The maximum atomic E-state index is 12.2. The Morgan fingerprint density at radius 3 is 2.48 bits per heavy atom. The van der Waals surface area contributed by atoms with Gasteiger partial charge in [0.1, 0.15) is 10.6 Å². The van der Waals surface area contributed by atoms with Gasteiger partial charge in [-0.05, 0) is 29.5 Å². The molecular weight excluding hydrogens is 399 g/mol. The van der Waals surface area contributed by atoms with Crippen molar-refractivity contribution in [3.05, 3.63) is 59.1 Å². The molecule has 27 heavy (non-hydrogen) atoms. The molecule has 0 aliphatic carbocycles. The molecule has 3 rings (SSSR count). The normalized spacial score (nSPS) is 11.7. The van der Waals surface area contributed by atoms with Crippen molar-refractivity contribution in [3.8, 4) is 5.75 Å². The molecule has 0 aromatic heterocycles.